The Balaban J connectivity index is 1.72. The first-order chi connectivity index (χ1) is 8.69. The number of hydrogen-bond donors (Lipinski definition) is 1. The van der Waals surface area contributed by atoms with Crippen LogP contribution in [0, 0.1) is 5.92 Å². The van der Waals surface area contributed by atoms with Gasteiger partial charge in [-0.3, -0.25) is 0 Å². The number of hydrogen-bond acceptors (Lipinski definition) is 3. The van der Waals surface area contributed by atoms with Gasteiger partial charge in [0.15, 0.2) is 0 Å². The summed E-state index contributed by atoms with van der Waals surface area (Å²) in [4.78, 5) is 0. The smallest absolute Gasteiger partial charge is 0.0828 e. The molecule has 2 nitrogen and oxygen atoms in total. The zero-order valence-corrected chi connectivity index (χ0v) is 12.8. The van der Waals surface area contributed by atoms with Crippen molar-refractivity contribution in [3.05, 3.63) is 20.8 Å². The highest BCUT2D eigenvalue weighted by molar-refractivity contribution is 9.11. The van der Waals surface area contributed by atoms with Crippen molar-refractivity contribution in [2.24, 2.45) is 5.92 Å². The number of thiophene rings is 1. The van der Waals surface area contributed by atoms with Crippen LogP contribution in [0.1, 0.15) is 50.2 Å². The fraction of sp³-hybridized carbons (Fsp3) is 0.714. The van der Waals surface area contributed by atoms with Crippen molar-refractivity contribution in [1.29, 1.82) is 0 Å². The van der Waals surface area contributed by atoms with Gasteiger partial charge in [-0.1, -0.05) is 12.8 Å². The van der Waals surface area contributed by atoms with E-state index >= 15 is 0 Å². The molecule has 1 aliphatic carbocycles. The third-order valence-corrected chi connectivity index (χ3v) is 5.94. The average Bonchev–Trinajstić information content (AvgIpc) is 2.98. The Labute approximate surface area is 120 Å². The molecule has 100 valence electrons. The average molecular weight is 331 g/mol. The van der Waals surface area contributed by atoms with Gasteiger partial charge in [-0.15, -0.1) is 11.3 Å². The quantitative estimate of drug-likeness (QED) is 0.876. The molecule has 4 heteroatoms. The molecular formula is C14H19BrO2S. The van der Waals surface area contributed by atoms with Crippen LogP contribution in [0.3, 0.4) is 0 Å². The van der Waals surface area contributed by atoms with E-state index in [1.54, 1.807) is 11.3 Å². The third-order valence-electron chi connectivity index (χ3n) is 4.42. The molecule has 0 radical (unpaired) electrons. The molecule has 2 atom stereocenters. The van der Waals surface area contributed by atoms with E-state index in [4.69, 9.17) is 4.74 Å². The topological polar surface area (TPSA) is 29.5 Å². The predicted octanol–water partition coefficient (Wildman–Crippen LogP) is 4.28. The third kappa shape index (κ3) is 2.53. The minimum absolute atomic E-state index is 0.0944. The molecule has 2 unspecified atom stereocenters. The van der Waals surface area contributed by atoms with Crippen LogP contribution in [0.15, 0.2) is 15.2 Å². The summed E-state index contributed by atoms with van der Waals surface area (Å²) >= 11 is 5.11. The van der Waals surface area contributed by atoms with Gasteiger partial charge >= 0.3 is 0 Å². The first-order valence-corrected chi connectivity index (χ1v) is 8.42. The number of aliphatic hydroxyl groups excluding tert-OH is 1. The zero-order valence-electron chi connectivity index (χ0n) is 10.4. The van der Waals surface area contributed by atoms with Crippen molar-refractivity contribution in [2.45, 2.75) is 50.2 Å². The molecule has 1 aromatic rings. The standard InChI is InChI=1S/C14H19BrO2S/c15-12-7-11(9-18-12)13(16)10-3-6-17-14(8-10)4-1-2-5-14/h7,9-10,13,16H,1-6,8H2. The molecule has 0 aromatic carbocycles. The van der Waals surface area contributed by atoms with Gasteiger partial charge in [-0.25, -0.2) is 0 Å². The summed E-state index contributed by atoms with van der Waals surface area (Å²) in [6.45, 7) is 0.813. The summed E-state index contributed by atoms with van der Waals surface area (Å²) in [7, 11) is 0. The molecule has 1 saturated carbocycles. The molecule has 2 aliphatic rings. The van der Waals surface area contributed by atoms with Gasteiger partial charge in [0.25, 0.3) is 0 Å². The van der Waals surface area contributed by atoms with E-state index in [1.165, 1.54) is 25.7 Å². The Morgan fingerprint density at radius 2 is 2.22 bits per heavy atom. The second-order valence-electron chi connectivity index (χ2n) is 5.62. The van der Waals surface area contributed by atoms with Crippen LogP contribution in [-0.2, 0) is 4.74 Å². The van der Waals surface area contributed by atoms with Crippen molar-refractivity contribution in [1.82, 2.24) is 0 Å². The molecule has 0 amide bonds. The van der Waals surface area contributed by atoms with E-state index in [0.717, 1.165) is 28.8 Å². The van der Waals surface area contributed by atoms with Crippen LogP contribution < -0.4 is 0 Å². The number of rotatable bonds is 2. The second-order valence-corrected chi connectivity index (χ2v) is 7.91. The Bertz CT molecular complexity index is 412. The molecule has 3 rings (SSSR count). The number of aliphatic hydroxyl groups is 1. The maximum atomic E-state index is 10.5. The predicted molar refractivity (Wildman–Crippen MR) is 76.9 cm³/mol. The van der Waals surface area contributed by atoms with Crippen LogP contribution in [-0.4, -0.2) is 17.3 Å². The molecule has 1 N–H and O–H groups in total. The van der Waals surface area contributed by atoms with Crippen molar-refractivity contribution in [3.63, 3.8) is 0 Å². The molecule has 18 heavy (non-hydrogen) atoms. The summed E-state index contributed by atoms with van der Waals surface area (Å²) in [6.07, 6.45) is 6.62. The second kappa shape index (κ2) is 5.23. The van der Waals surface area contributed by atoms with Gasteiger partial charge in [0.05, 0.1) is 15.5 Å². The lowest BCUT2D eigenvalue weighted by Crippen LogP contribution is -2.39. The monoisotopic (exact) mass is 330 g/mol. The highest BCUT2D eigenvalue weighted by Gasteiger charge is 2.42. The maximum Gasteiger partial charge on any atom is 0.0828 e. The van der Waals surface area contributed by atoms with Gasteiger partial charge in [-0.05, 0) is 64.5 Å². The van der Waals surface area contributed by atoms with E-state index < -0.39 is 0 Å². The molecule has 1 aromatic heterocycles. The molecule has 0 bridgehead atoms. The maximum absolute atomic E-state index is 10.5. The van der Waals surface area contributed by atoms with Crippen LogP contribution in [0.4, 0.5) is 0 Å². The minimum Gasteiger partial charge on any atom is -0.388 e. The molecule has 2 heterocycles. The van der Waals surface area contributed by atoms with Gasteiger partial charge in [0, 0.05) is 6.61 Å². The highest BCUT2D eigenvalue weighted by Crippen LogP contribution is 2.45. The first kappa shape index (κ1) is 13.1. The number of ether oxygens (including phenoxy) is 1. The first-order valence-electron chi connectivity index (χ1n) is 6.74. The molecule has 1 aliphatic heterocycles. The Hall–Kier alpha value is 0.1000. The van der Waals surface area contributed by atoms with Gasteiger partial charge in [-0.2, -0.15) is 0 Å². The summed E-state index contributed by atoms with van der Waals surface area (Å²) in [6, 6.07) is 2.05. The van der Waals surface area contributed by atoms with E-state index in [9.17, 15) is 5.11 Å². The zero-order chi connectivity index (χ0) is 12.6. The van der Waals surface area contributed by atoms with E-state index in [-0.39, 0.29) is 11.7 Å². The fourth-order valence-corrected chi connectivity index (χ4v) is 4.66. The van der Waals surface area contributed by atoms with Crippen molar-refractivity contribution in [2.75, 3.05) is 6.61 Å². The van der Waals surface area contributed by atoms with Crippen LogP contribution in [0.2, 0.25) is 0 Å². The normalized spacial score (nSPS) is 28.7. The fourth-order valence-electron chi connectivity index (χ4n) is 3.45. The Morgan fingerprint density at radius 3 is 2.89 bits per heavy atom. The summed E-state index contributed by atoms with van der Waals surface area (Å²) < 4.78 is 7.13. The summed E-state index contributed by atoms with van der Waals surface area (Å²) in [5, 5.41) is 12.6. The molecule has 1 spiro atoms. The van der Waals surface area contributed by atoms with E-state index in [0.29, 0.717) is 5.92 Å². The SMILES string of the molecule is OC(c1csc(Br)c1)C1CCOC2(CCCC2)C1. The molecular weight excluding hydrogens is 312 g/mol. The van der Waals surface area contributed by atoms with Crippen molar-refractivity contribution >= 4 is 27.3 Å². The number of halogens is 1. The van der Waals surface area contributed by atoms with Crippen LogP contribution in [0.25, 0.3) is 0 Å². The van der Waals surface area contributed by atoms with Crippen molar-refractivity contribution < 1.29 is 9.84 Å². The Morgan fingerprint density at radius 1 is 1.44 bits per heavy atom. The van der Waals surface area contributed by atoms with E-state index in [1.807, 2.05) is 6.07 Å². The molecule has 1 saturated heterocycles. The summed E-state index contributed by atoms with van der Waals surface area (Å²) in [5.74, 6) is 0.360. The van der Waals surface area contributed by atoms with Gasteiger partial charge < -0.3 is 9.84 Å². The van der Waals surface area contributed by atoms with Crippen LogP contribution in [0.5, 0.6) is 0 Å². The largest absolute Gasteiger partial charge is 0.388 e. The van der Waals surface area contributed by atoms with E-state index in [2.05, 4.69) is 21.3 Å². The minimum atomic E-state index is -0.325. The lowest BCUT2D eigenvalue weighted by Gasteiger charge is -2.40. The summed E-state index contributed by atoms with van der Waals surface area (Å²) in [5.41, 5.74) is 1.16. The van der Waals surface area contributed by atoms with Crippen molar-refractivity contribution in [3.8, 4) is 0 Å². The Kier molecular flexibility index (Phi) is 3.81. The van der Waals surface area contributed by atoms with Gasteiger partial charge in [0.2, 0.25) is 0 Å². The molecule has 2 fully saturated rings. The van der Waals surface area contributed by atoms with Crippen LogP contribution >= 0.6 is 27.3 Å². The lowest BCUT2D eigenvalue weighted by atomic mass is 9.80. The highest BCUT2D eigenvalue weighted by atomic mass is 79.9. The van der Waals surface area contributed by atoms with Gasteiger partial charge in [0.1, 0.15) is 0 Å². The lowest BCUT2D eigenvalue weighted by molar-refractivity contribution is -0.113.